The molecule has 5 aromatic rings. The quantitative estimate of drug-likeness (QED) is 0.115. The van der Waals surface area contributed by atoms with Crippen LogP contribution in [0.2, 0.25) is 6.32 Å². The van der Waals surface area contributed by atoms with Gasteiger partial charge in [0.15, 0.2) is 11.9 Å². The second kappa shape index (κ2) is 15.7. The third-order valence-corrected chi connectivity index (χ3v) is 7.98. The summed E-state index contributed by atoms with van der Waals surface area (Å²) < 4.78 is 5.48. The van der Waals surface area contributed by atoms with Crippen LogP contribution in [0.25, 0.3) is 0 Å². The zero-order valence-corrected chi connectivity index (χ0v) is 24.7. The lowest BCUT2D eigenvalue weighted by Crippen LogP contribution is -2.66. The van der Waals surface area contributed by atoms with Crippen molar-refractivity contribution < 1.29 is 9.53 Å². The topological polar surface area (TPSA) is 26.3 Å². The lowest BCUT2D eigenvalue weighted by Gasteiger charge is -2.43. The maximum Gasteiger partial charge on any atom is 0.356 e. The van der Waals surface area contributed by atoms with E-state index in [0.717, 1.165) is 11.1 Å². The van der Waals surface area contributed by atoms with Gasteiger partial charge < -0.3 is 4.74 Å². The molecule has 0 aliphatic heterocycles. The van der Waals surface area contributed by atoms with E-state index in [0.29, 0.717) is 0 Å². The summed E-state index contributed by atoms with van der Waals surface area (Å²) >= 11 is 3.16. The van der Waals surface area contributed by atoms with Gasteiger partial charge >= 0.3 is 5.97 Å². The highest BCUT2D eigenvalue weighted by molar-refractivity contribution is 7.59. The molecule has 41 heavy (non-hydrogen) atoms. The number of unbranched alkanes of at least 4 members (excludes halogenated alkanes) is 1. The molecule has 0 unspecified atom stereocenters. The van der Waals surface area contributed by atoms with Crippen LogP contribution in [0, 0.1) is 0 Å². The number of hydrogen-bond donors (Lipinski definition) is 0. The Morgan fingerprint density at radius 2 is 0.951 bits per heavy atom. The van der Waals surface area contributed by atoms with E-state index in [1.54, 1.807) is 0 Å². The fourth-order valence-electron chi connectivity index (χ4n) is 5.69. The Balaban J connectivity index is 0.000000195. The van der Waals surface area contributed by atoms with E-state index >= 15 is 0 Å². The van der Waals surface area contributed by atoms with Crippen LogP contribution in [0.15, 0.2) is 152 Å². The molecule has 0 bridgehead atoms. The molecule has 0 saturated carbocycles. The molecule has 4 heteroatoms. The Labute approximate surface area is 250 Å². The summed E-state index contributed by atoms with van der Waals surface area (Å²) in [6, 6.07) is 52.6. The molecule has 5 rings (SSSR count). The molecule has 0 aromatic heterocycles. The zero-order chi connectivity index (χ0) is 28.8. The summed E-state index contributed by atoms with van der Waals surface area (Å²) in [6.45, 7) is 2.28. The minimum atomic E-state index is -0.913. The molecule has 5 aromatic carbocycles. The third kappa shape index (κ3) is 7.80. The molecule has 0 heterocycles. The second-order valence-electron chi connectivity index (χ2n) is 10.3. The van der Waals surface area contributed by atoms with E-state index in [-0.39, 0.29) is 17.8 Å². The molecule has 0 N–H and O–H groups in total. The first-order chi connectivity index (χ1) is 20.2. The van der Waals surface area contributed by atoms with E-state index in [9.17, 15) is 4.79 Å². The average Bonchev–Trinajstić information content (AvgIpc) is 3.06. The lowest BCUT2D eigenvalue weighted by molar-refractivity contribution is -0.144. The summed E-state index contributed by atoms with van der Waals surface area (Å²) in [4.78, 5) is 11.5. The van der Waals surface area contributed by atoms with Crippen molar-refractivity contribution in [3.8, 4) is 0 Å². The first kappa shape index (κ1) is 30.0. The SMILES string of the molecule is CCCC[B-](c1ccccc1)(c1ccccc1)c1ccccc1.O=C(C[SH2+])OC(c1ccccc1)c1ccccc1. The zero-order valence-electron chi connectivity index (χ0n) is 23.7. The van der Waals surface area contributed by atoms with Gasteiger partial charge in [0.25, 0.3) is 0 Å². The monoisotopic (exact) mass is 558 g/mol. The van der Waals surface area contributed by atoms with Crippen LogP contribution in [-0.4, -0.2) is 17.9 Å². The van der Waals surface area contributed by atoms with E-state index in [4.69, 9.17) is 4.74 Å². The summed E-state index contributed by atoms with van der Waals surface area (Å²) in [7, 11) is 0. The predicted molar refractivity (Wildman–Crippen MR) is 180 cm³/mol. The van der Waals surface area contributed by atoms with Crippen LogP contribution >= 0.6 is 0 Å². The van der Waals surface area contributed by atoms with Crippen molar-refractivity contribution in [1.82, 2.24) is 0 Å². The van der Waals surface area contributed by atoms with Crippen molar-refractivity contribution in [2.45, 2.75) is 32.2 Å². The van der Waals surface area contributed by atoms with Gasteiger partial charge in [-0.2, -0.15) is 22.7 Å². The van der Waals surface area contributed by atoms with Gasteiger partial charge in [-0.05, 0) is 23.8 Å². The molecular weight excluding hydrogens is 519 g/mol. The van der Waals surface area contributed by atoms with Gasteiger partial charge in [-0.25, -0.2) is 4.79 Å². The summed E-state index contributed by atoms with van der Waals surface area (Å²) in [5.41, 5.74) is 6.27. The van der Waals surface area contributed by atoms with Gasteiger partial charge in [-0.15, -0.1) is 0 Å². The maximum atomic E-state index is 11.5. The van der Waals surface area contributed by atoms with Crippen molar-refractivity contribution >= 4 is 41.1 Å². The first-order valence-corrected chi connectivity index (χ1v) is 15.2. The van der Waals surface area contributed by atoms with Crippen LogP contribution in [0.5, 0.6) is 0 Å². The third-order valence-electron chi connectivity index (χ3n) is 7.69. The standard InChI is InChI=1S/C22H24B.C15H14O2S/c1-2-3-19-23(20-13-7-4-8-14-20,21-15-9-5-10-16-21)22-17-11-6-12-18-22;16-14(11-18)17-15(12-7-3-1-4-8-12)13-9-5-2-6-10-13/h4-18H,2-3,19H2,1H3;1-10,15,18H,11H2/q-1;/p+1. The molecule has 0 aliphatic rings. The highest BCUT2D eigenvalue weighted by atomic mass is 32.1. The number of carbonyl (C=O) groups excluding carboxylic acids is 1. The minimum absolute atomic E-state index is 0.191. The number of benzene rings is 5. The molecule has 208 valence electrons. The predicted octanol–water partition coefficient (Wildman–Crippen LogP) is 6.29. The fraction of sp³-hybridized carbons (Fsp3) is 0.162. The van der Waals surface area contributed by atoms with E-state index in [2.05, 4.69) is 111 Å². The van der Waals surface area contributed by atoms with Crippen LogP contribution in [0.3, 0.4) is 0 Å². The lowest BCUT2D eigenvalue weighted by atomic mass is 9.14. The van der Waals surface area contributed by atoms with E-state index < -0.39 is 6.15 Å². The summed E-state index contributed by atoms with van der Waals surface area (Å²) in [5.74, 6) is -0.0831. The number of rotatable bonds is 10. The van der Waals surface area contributed by atoms with Crippen LogP contribution in [0.4, 0.5) is 0 Å². The smallest absolute Gasteiger partial charge is 0.356 e. The number of hydrogen-bond acceptors (Lipinski definition) is 2. The van der Waals surface area contributed by atoms with Gasteiger partial charge in [-0.1, -0.05) is 171 Å². The molecule has 0 spiro atoms. The molecule has 0 atom stereocenters. The molecule has 0 fully saturated rings. The van der Waals surface area contributed by atoms with Crippen molar-refractivity contribution in [1.29, 1.82) is 0 Å². The highest BCUT2D eigenvalue weighted by Crippen LogP contribution is 2.25. The Morgan fingerprint density at radius 1 is 0.610 bits per heavy atom. The van der Waals surface area contributed by atoms with Gasteiger partial charge in [-0.3, -0.25) is 0 Å². The van der Waals surface area contributed by atoms with E-state index in [1.807, 2.05) is 60.7 Å². The van der Waals surface area contributed by atoms with Gasteiger partial charge in [0.2, 0.25) is 0 Å². The number of carbonyl (C=O) groups is 1. The Morgan fingerprint density at radius 3 is 1.27 bits per heavy atom. The largest absolute Gasteiger partial charge is 0.449 e. The number of ether oxygens (including phenoxy) is 1. The molecule has 0 aliphatic carbocycles. The normalized spacial score (nSPS) is 10.9. The number of esters is 1. The van der Waals surface area contributed by atoms with Crippen LogP contribution in [0.1, 0.15) is 37.0 Å². The van der Waals surface area contributed by atoms with Crippen LogP contribution in [-0.2, 0) is 22.2 Å². The maximum absolute atomic E-state index is 11.5. The van der Waals surface area contributed by atoms with Crippen molar-refractivity contribution in [3.05, 3.63) is 163 Å². The molecule has 0 saturated heterocycles. The van der Waals surface area contributed by atoms with E-state index in [1.165, 1.54) is 35.6 Å². The molecule has 2 nitrogen and oxygen atoms in total. The van der Waals surface area contributed by atoms with Crippen molar-refractivity contribution in [3.63, 3.8) is 0 Å². The summed E-state index contributed by atoms with van der Waals surface area (Å²) in [6.07, 6.45) is 2.38. The molecular formula is C37H39BO2S. The first-order valence-electron chi connectivity index (χ1n) is 14.5. The van der Waals surface area contributed by atoms with Gasteiger partial charge in [0.1, 0.15) is 0 Å². The average molecular weight is 559 g/mol. The Hall–Kier alpha value is -4.02. The molecule has 0 radical (unpaired) electrons. The highest BCUT2D eigenvalue weighted by Gasteiger charge is 2.28. The second-order valence-corrected chi connectivity index (χ2v) is 10.6. The van der Waals surface area contributed by atoms with Crippen LogP contribution < -0.4 is 16.4 Å². The fourth-order valence-corrected chi connectivity index (χ4v) is 5.77. The summed E-state index contributed by atoms with van der Waals surface area (Å²) in [5, 5.41) is 0. The Kier molecular flexibility index (Phi) is 11.5. The Bertz CT molecular complexity index is 1290. The van der Waals surface area contributed by atoms with Crippen molar-refractivity contribution in [2.75, 3.05) is 5.75 Å². The van der Waals surface area contributed by atoms with Gasteiger partial charge in [0, 0.05) is 0 Å². The minimum Gasteiger partial charge on any atom is -0.449 e. The molecule has 0 amide bonds. The van der Waals surface area contributed by atoms with Crippen molar-refractivity contribution in [2.24, 2.45) is 0 Å². The van der Waals surface area contributed by atoms with Gasteiger partial charge in [0.05, 0.1) is 6.15 Å².